The Hall–Kier alpha value is -1.11. The van der Waals surface area contributed by atoms with Crippen molar-refractivity contribution in [3.05, 3.63) is 27.8 Å². The molecule has 1 saturated heterocycles. The van der Waals surface area contributed by atoms with Crippen LogP contribution in [0.5, 0.6) is 0 Å². The van der Waals surface area contributed by atoms with E-state index in [1.165, 1.54) is 0 Å². The minimum Gasteiger partial charge on any atom is -0.363 e. The van der Waals surface area contributed by atoms with Crippen molar-refractivity contribution < 1.29 is 4.79 Å². The Kier molecular flexibility index (Phi) is 3.98. The number of hydrogen-bond donors (Lipinski definition) is 1. The molecule has 5 heteroatoms. The second-order valence-corrected chi connectivity index (χ2v) is 5.24. The van der Waals surface area contributed by atoms with E-state index in [-0.39, 0.29) is 6.03 Å². The number of urea groups is 1. The van der Waals surface area contributed by atoms with Gasteiger partial charge in [0.25, 0.3) is 0 Å². The Morgan fingerprint density at radius 1 is 1.53 bits per heavy atom. The average Bonchev–Trinajstić information content (AvgIpc) is 2.64. The highest BCUT2D eigenvalue weighted by atomic mass is 127. The third kappa shape index (κ3) is 3.42. The molecular formula is C12H14IN3O. The van der Waals surface area contributed by atoms with Crippen molar-refractivity contribution in [1.29, 1.82) is 0 Å². The van der Waals surface area contributed by atoms with Crippen LogP contribution in [0.2, 0.25) is 0 Å². The van der Waals surface area contributed by atoms with Gasteiger partial charge in [0.2, 0.25) is 0 Å². The van der Waals surface area contributed by atoms with Crippen LogP contribution < -0.4 is 5.32 Å². The highest BCUT2D eigenvalue weighted by molar-refractivity contribution is 14.1. The standard InChI is InChI=1S/C12H14IN3O/c1-16-7-3-6-11(16)15-12(17)14-10-5-2-4-9(13)8-10/h2,4-5,8H,3,6-7H2,1H3,(H,14,17). The van der Waals surface area contributed by atoms with Gasteiger partial charge in [-0.15, -0.1) is 0 Å². The van der Waals surface area contributed by atoms with Crippen LogP contribution in [-0.2, 0) is 0 Å². The van der Waals surface area contributed by atoms with Crippen molar-refractivity contribution in [2.45, 2.75) is 12.8 Å². The fourth-order valence-electron chi connectivity index (χ4n) is 1.77. The fourth-order valence-corrected chi connectivity index (χ4v) is 2.31. The van der Waals surface area contributed by atoms with E-state index < -0.39 is 0 Å². The summed E-state index contributed by atoms with van der Waals surface area (Å²) >= 11 is 2.21. The Balaban J connectivity index is 2.02. The number of carbonyl (C=O) groups excluding carboxylic acids is 1. The van der Waals surface area contributed by atoms with Gasteiger partial charge in [0.1, 0.15) is 5.84 Å². The number of carbonyl (C=O) groups is 1. The lowest BCUT2D eigenvalue weighted by Gasteiger charge is -2.10. The summed E-state index contributed by atoms with van der Waals surface area (Å²) in [6.07, 6.45) is 1.96. The number of rotatable bonds is 1. The molecule has 0 unspecified atom stereocenters. The molecule has 0 spiro atoms. The number of hydrogen-bond acceptors (Lipinski definition) is 1. The fraction of sp³-hybridized carbons (Fsp3) is 0.333. The molecule has 1 aromatic carbocycles. The molecule has 0 aromatic heterocycles. The molecule has 1 N–H and O–H groups in total. The van der Waals surface area contributed by atoms with Gasteiger partial charge >= 0.3 is 6.03 Å². The third-order valence-electron chi connectivity index (χ3n) is 2.64. The van der Waals surface area contributed by atoms with E-state index in [0.717, 1.165) is 34.5 Å². The summed E-state index contributed by atoms with van der Waals surface area (Å²) in [4.78, 5) is 17.8. The summed E-state index contributed by atoms with van der Waals surface area (Å²) in [5.41, 5.74) is 0.784. The molecule has 0 radical (unpaired) electrons. The summed E-state index contributed by atoms with van der Waals surface area (Å²) < 4.78 is 1.09. The second-order valence-electron chi connectivity index (χ2n) is 3.99. The van der Waals surface area contributed by atoms with E-state index >= 15 is 0 Å². The van der Waals surface area contributed by atoms with Gasteiger partial charge in [-0.2, -0.15) is 4.99 Å². The Bertz CT molecular complexity index is 459. The lowest BCUT2D eigenvalue weighted by atomic mass is 10.3. The smallest absolute Gasteiger partial charge is 0.347 e. The van der Waals surface area contributed by atoms with Crippen LogP contribution in [0.4, 0.5) is 10.5 Å². The van der Waals surface area contributed by atoms with Gasteiger partial charge in [0.15, 0.2) is 0 Å². The van der Waals surface area contributed by atoms with E-state index in [1.807, 2.05) is 36.2 Å². The largest absolute Gasteiger partial charge is 0.363 e. The van der Waals surface area contributed by atoms with Crippen molar-refractivity contribution in [1.82, 2.24) is 4.90 Å². The zero-order valence-corrected chi connectivity index (χ0v) is 11.8. The minimum atomic E-state index is -0.296. The number of halogens is 1. The number of nitrogens with zero attached hydrogens (tertiary/aromatic N) is 2. The average molecular weight is 343 g/mol. The number of benzene rings is 1. The number of aliphatic imine (C=N–C) groups is 1. The normalized spacial score (nSPS) is 17.5. The van der Waals surface area contributed by atoms with Gasteiger partial charge in [-0.25, -0.2) is 4.79 Å². The zero-order valence-electron chi connectivity index (χ0n) is 9.61. The molecule has 1 aliphatic heterocycles. The van der Waals surface area contributed by atoms with Gasteiger partial charge in [0, 0.05) is 29.3 Å². The molecule has 0 atom stereocenters. The van der Waals surface area contributed by atoms with Crippen LogP contribution in [0, 0.1) is 3.57 Å². The first-order chi connectivity index (χ1) is 8.15. The predicted molar refractivity (Wildman–Crippen MR) is 77.5 cm³/mol. The van der Waals surface area contributed by atoms with Crippen LogP contribution >= 0.6 is 22.6 Å². The van der Waals surface area contributed by atoms with Crippen molar-refractivity contribution in [3.63, 3.8) is 0 Å². The molecule has 0 bridgehead atoms. The molecule has 1 fully saturated rings. The molecule has 4 nitrogen and oxygen atoms in total. The van der Waals surface area contributed by atoms with E-state index in [2.05, 4.69) is 32.9 Å². The molecule has 2 amide bonds. The van der Waals surface area contributed by atoms with Crippen LogP contribution in [-0.4, -0.2) is 30.4 Å². The molecule has 2 rings (SSSR count). The maximum atomic E-state index is 11.7. The summed E-state index contributed by atoms with van der Waals surface area (Å²) in [5.74, 6) is 0.869. The van der Waals surface area contributed by atoms with Gasteiger partial charge in [0.05, 0.1) is 0 Å². The molecule has 0 saturated carbocycles. The summed E-state index contributed by atoms with van der Waals surface area (Å²) in [5, 5.41) is 2.77. The Morgan fingerprint density at radius 2 is 2.35 bits per heavy atom. The molecule has 90 valence electrons. The third-order valence-corrected chi connectivity index (χ3v) is 3.31. The molecule has 1 heterocycles. The Morgan fingerprint density at radius 3 is 3.00 bits per heavy atom. The van der Waals surface area contributed by atoms with E-state index in [0.29, 0.717) is 0 Å². The first kappa shape index (κ1) is 12.3. The summed E-state index contributed by atoms with van der Waals surface area (Å²) in [6, 6.07) is 7.37. The van der Waals surface area contributed by atoms with Gasteiger partial charge in [-0.1, -0.05) is 6.07 Å². The molecule has 17 heavy (non-hydrogen) atoms. The van der Waals surface area contributed by atoms with Crippen LogP contribution in [0.3, 0.4) is 0 Å². The van der Waals surface area contributed by atoms with Gasteiger partial charge < -0.3 is 10.2 Å². The minimum absolute atomic E-state index is 0.296. The topological polar surface area (TPSA) is 44.7 Å². The SMILES string of the molecule is CN1CCCC1=NC(=O)Nc1cccc(I)c1. The van der Waals surface area contributed by atoms with Crippen molar-refractivity contribution in [2.24, 2.45) is 4.99 Å². The second kappa shape index (κ2) is 5.48. The number of anilines is 1. The number of amidine groups is 1. The van der Waals surface area contributed by atoms with Crippen molar-refractivity contribution in [2.75, 3.05) is 18.9 Å². The lowest BCUT2D eigenvalue weighted by Crippen LogP contribution is -2.21. The van der Waals surface area contributed by atoms with Gasteiger partial charge in [-0.05, 0) is 47.2 Å². The molecule has 0 aliphatic carbocycles. The quantitative estimate of drug-likeness (QED) is 0.797. The zero-order chi connectivity index (χ0) is 12.3. The van der Waals surface area contributed by atoms with Crippen LogP contribution in [0.25, 0.3) is 0 Å². The number of nitrogens with one attached hydrogen (secondary N) is 1. The van der Waals surface area contributed by atoms with Crippen LogP contribution in [0.15, 0.2) is 29.3 Å². The highest BCUT2D eigenvalue weighted by Crippen LogP contribution is 2.13. The first-order valence-electron chi connectivity index (χ1n) is 5.50. The number of likely N-dealkylation sites (tertiary alicyclic amines) is 1. The highest BCUT2D eigenvalue weighted by Gasteiger charge is 2.15. The summed E-state index contributed by atoms with van der Waals surface area (Å²) in [7, 11) is 1.96. The van der Waals surface area contributed by atoms with Crippen LogP contribution in [0.1, 0.15) is 12.8 Å². The summed E-state index contributed by atoms with van der Waals surface area (Å²) in [6.45, 7) is 0.981. The lowest BCUT2D eigenvalue weighted by molar-refractivity contribution is 0.259. The maximum Gasteiger partial charge on any atom is 0.347 e. The van der Waals surface area contributed by atoms with E-state index in [9.17, 15) is 4.79 Å². The maximum absolute atomic E-state index is 11.7. The van der Waals surface area contributed by atoms with E-state index in [1.54, 1.807) is 0 Å². The molecule has 1 aliphatic rings. The molecule has 1 aromatic rings. The number of amides is 2. The van der Waals surface area contributed by atoms with E-state index in [4.69, 9.17) is 0 Å². The predicted octanol–water partition coefficient (Wildman–Crippen LogP) is 2.95. The Labute approximate surface area is 114 Å². The molecular weight excluding hydrogens is 329 g/mol. The van der Waals surface area contributed by atoms with Crippen molar-refractivity contribution >= 4 is 40.1 Å². The van der Waals surface area contributed by atoms with Gasteiger partial charge in [-0.3, -0.25) is 0 Å². The van der Waals surface area contributed by atoms with Crippen molar-refractivity contribution in [3.8, 4) is 0 Å². The monoisotopic (exact) mass is 343 g/mol. The first-order valence-corrected chi connectivity index (χ1v) is 6.58.